The minimum absolute atomic E-state index is 0.0709. The molecule has 58 heavy (non-hydrogen) atoms. The van der Waals surface area contributed by atoms with E-state index in [-0.39, 0.29) is 12.5 Å². The van der Waals surface area contributed by atoms with Gasteiger partial charge < -0.3 is 15.5 Å². The second kappa shape index (κ2) is 50.0. The molecule has 2 unspecified atom stereocenters. The summed E-state index contributed by atoms with van der Waals surface area (Å²) in [7, 11) is 0. The van der Waals surface area contributed by atoms with Gasteiger partial charge in [0, 0.05) is 6.42 Å². The third-order valence-corrected chi connectivity index (χ3v) is 12.1. The summed E-state index contributed by atoms with van der Waals surface area (Å²) >= 11 is 0. The van der Waals surface area contributed by atoms with Gasteiger partial charge in [-0.1, -0.05) is 256 Å². The molecule has 0 saturated carbocycles. The summed E-state index contributed by atoms with van der Waals surface area (Å²) in [5.74, 6) is -0.0709. The Morgan fingerprint density at radius 3 is 1.00 bits per heavy atom. The van der Waals surface area contributed by atoms with Crippen LogP contribution in [-0.2, 0) is 4.79 Å². The third-order valence-electron chi connectivity index (χ3n) is 12.1. The molecule has 0 aliphatic carbocycles. The molecule has 0 aromatic heterocycles. The maximum atomic E-state index is 12.4. The van der Waals surface area contributed by atoms with Crippen molar-refractivity contribution >= 4 is 5.91 Å². The van der Waals surface area contributed by atoms with Crippen LogP contribution in [0.2, 0.25) is 0 Å². The van der Waals surface area contributed by atoms with E-state index in [2.05, 4.69) is 43.5 Å². The standard InChI is InChI=1S/C54H103NO3/c1-3-5-7-9-11-13-15-17-19-21-22-23-24-25-26-27-28-29-30-31-32-33-34-36-38-40-42-44-46-48-50-54(58)55-52(51-56)53(57)49-47-45-43-41-39-37-35-20-18-16-14-12-10-8-6-4-2/h25-26,39,41,47,49,52-53,56-57H,3-24,27-38,40,42-46,48,50-51H2,1-2H3,(H,55,58)/b26-25-,41-39+,49-47+. The van der Waals surface area contributed by atoms with Crippen molar-refractivity contribution in [1.82, 2.24) is 5.32 Å². The maximum Gasteiger partial charge on any atom is 0.220 e. The summed E-state index contributed by atoms with van der Waals surface area (Å²) in [6.07, 6.45) is 67.2. The molecule has 0 spiro atoms. The van der Waals surface area contributed by atoms with Crippen LogP contribution in [0, 0.1) is 0 Å². The van der Waals surface area contributed by atoms with Gasteiger partial charge >= 0.3 is 0 Å². The zero-order valence-electron chi connectivity index (χ0n) is 39.3. The fraction of sp³-hybridized carbons (Fsp3) is 0.870. The summed E-state index contributed by atoms with van der Waals surface area (Å²) in [6, 6.07) is -0.637. The van der Waals surface area contributed by atoms with Crippen molar-refractivity contribution < 1.29 is 15.0 Å². The molecule has 0 fully saturated rings. The van der Waals surface area contributed by atoms with E-state index in [9.17, 15) is 15.0 Å². The van der Waals surface area contributed by atoms with Gasteiger partial charge in [0.2, 0.25) is 5.91 Å². The molecule has 4 heteroatoms. The highest BCUT2D eigenvalue weighted by Gasteiger charge is 2.17. The SMILES string of the molecule is CCCCCCCCCCCC/C=C/CC/C=C/C(O)C(CO)NC(=O)CCCCCCCCCCCCCCCC/C=C\CCCCCCCCCCCCCC. The molecular weight excluding hydrogens is 711 g/mol. The van der Waals surface area contributed by atoms with E-state index in [0.29, 0.717) is 6.42 Å². The molecule has 0 aromatic carbocycles. The highest BCUT2D eigenvalue weighted by Crippen LogP contribution is 2.16. The number of aliphatic hydroxyl groups excluding tert-OH is 2. The molecule has 0 aliphatic rings. The fourth-order valence-corrected chi connectivity index (χ4v) is 8.07. The number of carbonyl (C=O) groups is 1. The molecule has 3 N–H and O–H groups in total. The highest BCUT2D eigenvalue weighted by molar-refractivity contribution is 5.76. The monoisotopic (exact) mass is 814 g/mol. The van der Waals surface area contributed by atoms with Gasteiger partial charge in [-0.3, -0.25) is 4.79 Å². The van der Waals surface area contributed by atoms with Gasteiger partial charge in [-0.15, -0.1) is 0 Å². The Labute approximate surface area is 363 Å². The van der Waals surface area contributed by atoms with Crippen molar-refractivity contribution in [3.05, 3.63) is 36.5 Å². The first-order chi connectivity index (χ1) is 28.7. The van der Waals surface area contributed by atoms with E-state index >= 15 is 0 Å². The number of unbranched alkanes of at least 4 members (excludes halogenated alkanes) is 37. The first kappa shape index (κ1) is 56.6. The number of allylic oxidation sites excluding steroid dienone is 5. The van der Waals surface area contributed by atoms with Gasteiger partial charge in [0.05, 0.1) is 18.8 Å². The normalized spacial score (nSPS) is 13.1. The van der Waals surface area contributed by atoms with Crippen LogP contribution in [0.5, 0.6) is 0 Å². The van der Waals surface area contributed by atoms with Crippen molar-refractivity contribution in [2.24, 2.45) is 0 Å². The van der Waals surface area contributed by atoms with Crippen LogP contribution in [0.15, 0.2) is 36.5 Å². The molecule has 0 aromatic rings. The number of aliphatic hydroxyl groups is 2. The minimum Gasteiger partial charge on any atom is -0.394 e. The number of nitrogens with one attached hydrogen (secondary N) is 1. The Morgan fingerprint density at radius 2 is 0.672 bits per heavy atom. The third kappa shape index (κ3) is 45.7. The molecule has 2 atom stereocenters. The Hall–Kier alpha value is -1.39. The van der Waals surface area contributed by atoms with E-state index in [4.69, 9.17) is 0 Å². The Bertz CT molecular complexity index is 882. The van der Waals surface area contributed by atoms with Gasteiger partial charge in [-0.05, 0) is 57.8 Å². The Kier molecular flexibility index (Phi) is 48.8. The number of hydrogen-bond donors (Lipinski definition) is 3. The molecule has 4 nitrogen and oxygen atoms in total. The molecule has 342 valence electrons. The zero-order chi connectivity index (χ0) is 42.1. The largest absolute Gasteiger partial charge is 0.394 e. The lowest BCUT2D eigenvalue weighted by Gasteiger charge is -2.19. The van der Waals surface area contributed by atoms with Gasteiger partial charge in [0.1, 0.15) is 0 Å². The first-order valence-electron chi connectivity index (χ1n) is 26.2. The van der Waals surface area contributed by atoms with E-state index in [1.165, 1.54) is 231 Å². The van der Waals surface area contributed by atoms with Crippen molar-refractivity contribution in [1.29, 1.82) is 0 Å². The summed E-state index contributed by atoms with van der Waals surface area (Å²) in [5.41, 5.74) is 0. The highest BCUT2D eigenvalue weighted by atomic mass is 16.3. The Balaban J connectivity index is 3.49. The summed E-state index contributed by atoms with van der Waals surface area (Å²) in [5, 5.41) is 23.1. The topological polar surface area (TPSA) is 69.6 Å². The molecule has 0 radical (unpaired) electrons. The molecule has 0 heterocycles. The van der Waals surface area contributed by atoms with Crippen LogP contribution in [0.4, 0.5) is 0 Å². The van der Waals surface area contributed by atoms with Gasteiger partial charge in [0.15, 0.2) is 0 Å². The number of amides is 1. The van der Waals surface area contributed by atoms with Crippen LogP contribution in [0.25, 0.3) is 0 Å². The Morgan fingerprint density at radius 1 is 0.397 bits per heavy atom. The van der Waals surface area contributed by atoms with Gasteiger partial charge in [-0.2, -0.15) is 0 Å². The molecule has 0 bridgehead atoms. The molecule has 1 amide bonds. The van der Waals surface area contributed by atoms with Crippen molar-refractivity contribution in [3.8, 4) is 0 Å². The molecular formula is C54H103NO3. The molecule has 0 saturated heterocycles. The predicted octanol–water partition coefficient (Wildman–Crippen LogP) is 16.9. The van der Waals surface area contributed by atoms with Crippen molar-refractivity contribution in [3.63, 3.8) is 0 Å². The summed E-state index contributed by atoms with van der Waals surface area (Å²) in [6.45, 7) is 4.32. The average molecular weight is 814 g/mol. The lowest BCUT2D eigenvalue weighted by Crippen LogP contribution is -2.45. The first-order valence-corrected chi connectivity index (χ1v) is 26.2. The van der Waals surface area contributed by atoms with Gasteiger partial charge in [-0.25, -0.2) is 0 Å². The lowest BCUT2D eigenvalue weighted by atomic mass is 10.0. The van der Waals surface area contributed by atoms with Crippen LogP contribution in [0.1, 0.15) is 284 Å². The van der Waals surface area contributed by atoms with E-state index in [1.807, 2.05) is 6.08 Å². The maximum absolute atomic E-state index is 12.4. The number of hydrogen-bond acceptors (Lipinski definition) is 3. The van der Waals surface area contributed by atoms with E-state index in [0.717, 1.165) is 32.1 Å². The van der Waals surface area contributed by atoms with Crippen molar-refractivity contribution in [2.75, 3.05) is 6.61 Å². The number of rotatable bonds is 48. The molecule has 0 aliphatic heterocycles. The summed E-state index contributed by atoms with van der Waals surface area (Å²) < 4.78 is 0. The van der Waals surface area contributed by atoms with Crippen LogP contribution < -0.4 is 5.32 Å². The van der Waals surface area contributed by atoms with E-state index in [1.54, 1.807) is 6.08 Å². The predicted molar refractivity (Wildman–Crippen MR) is 258 cm³/mol. The van der Waals surface area contributed by atoms with Crippen LogP contribution in [-0.4, -0.2) is 34.9 Å². The van der Waals surface area contributed by atoms with Crippen LogP contribution in [0.3, 0.4) is 0 Å². The minimum atomic E-state index is -0.860. The average Bonchev–Trinajstić information content (AvgIpc) is 3.23. The van der Waals surface area contributed by atoms with Gasteiger partial charge in [0.25, 0.3) is 0 Å². The summed E-state index contributed by atoms with van der Waals surface area (Å²) in [4.78, 5) is 12.4. The lowest BCUT2D eigenvalue weighted by molar-refractivity contribution is -0.123. The number of carbonyl (C=O) groups excluding carboxylic acids is 1. The second-order valence-electron chi connectivity index (χ2n) is 17.9. The second-order valence-corrected chi connectivity index (χ2v) is 17.9. The fourth-order valence-electron chi connectivity index (χ4n) is 8.07. The van der Waals surface area contributed by atoms with Crippen molar-refractivity contribution in [2.45, 2.75) is 296 Å². The quantitative estimate of drug-likeness (QED) is 0.0423. The smallest absolute Gasteiger partial charge is 0.220 e. The zero-order valence-corrected chi connectivity index (χ0v) is 39.3. The molecule has 0 rings (SSSR count). The van der Waals surface area contributed by atoms with E-state index < -0.39 is 12.1 Å². The van der Waals surface area contributed by atoms with Crippen LogP contribution >= 0.6 is 0 Å².